The third kappa shape index (κ3) is 3.26. The first kappa shape index (κ1) is 16.5. The normalized spacial score (nSPS) is 10.8. The van der Waals surface area contributed by atoms with Crippen molar-refractivity contribution in [2.45, 2.75) is 13.3 Å². The highest BCUT2D eigenvalue weighted by molar-refractivity contribution is 7.09. The predicted octanol–water partition coefficient (Wildman–Crippen LogP) is 3.77. The van der Waals surface area contributed by atoms with Crippen molar-refractivity contribution in [2.24, 2.45) is 7.05 Å². The molecule has 24 heavy (non-hydrogen) atoms. The number of aryl methyl sites for hydroxylation is 1. The first-order valence-electron chi connectivity index (χ1n) is 7.93. The number of rotatable bonds is 5. The van der Waals surface area contributed by atoms with Crippen molar-refractivity contribution in [1.29, 1.82) is 0 Å². The smallest absolute Gasteiger partial charge is 0.270 e. The Hall–Kier alpha value is -2.40. The summed E-state index contributed by atoms with van der Waals surface area (Å²) >= 11 is 1.65. The molecule has 0 bridgehead atoms. The molecule has 3 rings (SSSR count). The Morgan fingerprint density at radius 3 is 2.62 bits per heavy atom. The highest BCUT2D eigenvalue weighted by Crippen LogP contribution is 2.22. The molecule has 0 aliphatic carbocycles. The number of aromatic nitrogens is 2. The van der Waals surface area contributed by atoms with E-state index in [9.17, 15) is 4.79 Å². The fourth-order valence-corrected chi connectivity index (χ4v) is 3.53. The summed E-state index contributed by atoms with van der Waals surface area (Å²) in [4.78, 5) is 20.0. The average Bonchev–Trinajstić information content (AvgIpc) is 3.18. The molecule has 3 aromatic rings. The lowest BCUT2D eigenvalue weighted by atomic mass is 10.2. The largest absolute Gasteiger partial charge is 0.340 e. The second-order valence-corrected chi connectivity index (χ2v) is 6.81. The molecular weight excluding hydrogens is 318 g/mol. The zero-order valence-electron chi connectivity index (χ0n) is 14.2. The van der Waals surface area contributed by atoms with Crippen LogP contribution in [-0.2, 0) is 13.5 Å². The summed E-state index contributed by atoms with van der Waals surface area (Å²) in [5, 5.41) is 0. The molecule has 0 radical (unpaired) electrons. The van der Waals surface area contributed by atoms with Crippen LogP contribution in [0.2, 0.25) is 0 Å². The topological polar surface area (TPSA) is 38.1 Å². The fourth-order valence-electron chi connectivity index (χ4n) is 2.76. The third-order valence-electron chi connectivity index (χ3n) is 4.28. The summed E-state index contributed by atoms with van der Waals surface area (Å²) in [5.41, 5.74) is 5.78. The molecule has 0 saturated carbocycles. The van der Waals surface area contributed by atoms with Gasteiger partial charge in [0.15, 0.2) is 0 Å². The van der Waals surface area contributed by atoms with E-state index in [2.05, 4.69) is 17.1 Å². The Morgan fingerprint density at radius 2 is 1.96 bits per heavy atom. The highest BCUT2D eigenvalue weighted by Gasteiger charge is 2.17. The van der Waals surface area contributed by atoms with E-state index in [1.165, 1.54) is 4.88 Å². The number of carbonyl (C=O) groups excluding carboxylic acids is 1. The average molecular weight is 339 g/mol. The lowest BCUT2D eigenvalue weighted by Crippen LogP contribution is -2.30. The van der Waals surface area contributed by atoms with E-state index in [0.717, 1.165) is 23.4 Å². The van der Waals surface area contributed by atoms with Gasteiger partial charge in [-0.05, 0) is 24.6 Å². The van der Waals surface area contributed by atoms with Gasteiger partial charge in [0, 0.05) is 37.6 Å². The quantitative estimate of drug-likeness (QED) is 0.710. The van der Waals surface area contributed by atoms with E-state index in [1.54, 1.807) is 16.2 Å². The Morgan fingerprint density at radius 1 is 1.21 bits per heavy atom. The van der Waals surface area contributed by atoms with Crippen LogP contribution in [0.5, 0.6) is 0 Å². The van der Waals surface area contributed by atoms with Crippen LogP contribution in [0.3, 0.4) is 0 Å². The zero-order valence-corrected chi connectivity index (χ0v) is 15.0. The van der Waals surface area contributed by atoms with E-state index >= 15 is 0 Å². The summed E-state index contributed by atoms with van der Waals surface area (Å²) in [5.74, 6) is 0.0434. The van der Waals surface area contributed by atoms with Crippen LogP contribution in [0.25, 0.3) is 11.3 Å². The molecule has 1 amide bonds. The number of thiazole rings is 1. The van der Waals surface area contributed by atoms with Crippen molar-refractivity contribution in [2.75, 3.05) is 13.6 Å². The number of amides is 1. The molecule has 0 aliphatic heterocycles. The molecule has 124 valence electrons. The molecule has 4 nitrogen and oxygen atoms in total. The van der Waals surface area contributed by atoms with Gasteiger partial charge in [-0.2, -0.15) is 0 Å². The van der Waals surface area contributed by atoms with Gasteiger partial charge in [0.2, 0.25) is 0 Å². The van der Waals surface area contributed by atoms with Crippen LogP contribution in [0.15, 0.2) is 48.0 Å². The summed E-state index contributed by atoms with van der Waals surface area (Å²) in [6.45, 7) is 2.70. The van der Waals surface area contributed by atoms with Gasteiger partial charge in [0.05, 0.1) is 11.2 Å². The van der Waals surface area contributed by atoms with E-state index in [0.29, 0.717) is 12.2 Å². The molecule has 0 fully saturated rings. The van der Waals surface area contributed by atoms with E-state index in [4.69, 9.17) is 0 Å². The minimum Gasteiger partial charge on any atom is -0.340 e. The lowest BCUT2D eigenvalue weighted by molar-refractivity contribution is 0.0787. The van der Waals surface area contributed by atoms with Gasteiger partial charge in [-0.15, -0.1) is 11.3 Å². The number of hydrogen-bond donors (Lipinski definition) is 0. The molecule has 0 aliphatic rings. The molecule has 0 unspecified atom stereocenters. The first-order chi connectivity index (χ1) is 11.6. The van der Waals surface area contributed by atoms with Gasteiger partial charge in [0.1, 0.15) is 5.69 Å². The number of benzene rings is 1. The Balaban J connectivity index is 1.73. The molecule has 2 aromatic heterocycles. The van der Waals surface area contributed by atoms with Crippen LogP contribution >= 0.6 is 11.3 Å². The summed E-state index contributed by atoms with van der Waals surface area (Å²) in [7, 11) is 3.80. The standard InChI is InChI=1S/C19H21N3OS/c1-14-18(24-13-20-14)11-12-21(2)19(23)17-10-9-16(22(17)3)15-7-5-4-6-8-15/h4-10,13H,11-12H2,1-3H3. The summed E-state index contributed by atoms with van der Waals surface area (Å²) < 4.78 is 1.96. The maximum Gasteiger partial charge on any atom is 0.270 e. The molecule has 0 saturated heterocycles. The molecule has 5 heteroatoms. The second-order valence-electron chi connectivity index (χ2n) is 5.87. The van der Waals surface area contributed by atoms with Crippen molar-refractivity contribution >= 4 is 17.2 Å². The van der Waals surface area contributed by atoms with Gasteiger partial charge in [0.25, 0.3) is 5.91 Å². The Kier molecular flexibility index (Phi) is 4.81. The highest BCUT2D eigenvalue weighted by atomic mass is 32.1. The van der Waals surface area contributed by atoms with Crippen molar-refractivity contribution in [3.8, 4) is 11.3 Å². The first-order valence-corrected chi connectivity index (χ1v) is 8.81. The Bertz CT molecular complexity index is 835. The maximum absolute atomic E-state index is 12.7. The van der Waals surface area contributed by atoms with Gasteiger partial charge in [-0.1, -0.05) is 30.3 Å². The van der Waals surface area contributed by atoms with Crippen LogP contribution in [0.1, 0.15) is 21.1 Å². The van der Waals surface area contributed by atoms with Crippen LogP contribution in [0.4, 0.5) is 0 Å². The molecule has 0 atom stereocenters. The van der Waals surface area contributed by atoms with Gasteiger partial charge < -0.3 is 9.47 Å². The van der Waals surface area contributed by atoms with Crippen molar-refractivity contribution < 1.29 is 4.79 Å². The van der Waals surface area contributed by atoms with E-state index in [1.807, 2.05) is 61.4 Å². The summed E-state index contributed by atoms with van der Waals surface area (Å²) in [6.07, 6.45) is 0.842. The van der Waals surface area contributed by atoms with Crippen LogP contribution < -0.4 is 0 Å². The number of nitrogens with zero attached hydrogens (tertiary/aromatic N) is 3. The van der Waals surface area contributed by atoms with Crippen molar-refractivity contribution in [3.63, 3.8) is 0 Å². The third-order valence-corrected chi connectivity index (χ3v) is 5.27. The number of carbonyl (C=O) groups is 1. The lowest BCUT2D eigenvalue weighted by Gasteiger charge is -2.18. The molecule has 1 aromatic carbocycles. The molecule has 0 N–H and O–H groups in total. The Labute approximate surface area is 146 Å². The number of likely N-dealkylation sites (N-methyl/N-ethyl adjacent to an activating group) is 1. The van der Waals surface area contributed by atoms with Crippen LogP contribution in [0, 0.1) is 6.92 Å². The second kappa shape index (κ2) is 7.01. The SMILES string of the molecule is Cc1ncsc1CCN(C)C(=O)c1ccc(-c2ccccc2)n1C. The monoisotopic (exact) mass is 339 g/mol. The molecule has 2 heterocycles. The molecule has 0 spiro atoms. The minimum absolute atomic E-state index is 0.0434. The van der Waals surface area contributed by atoms with Crippen molar-refractivity contribution in [3.05, 3.63) is 64.2 Å². The van der Waals surface area contributed by atoms with Crippen LogP contribution in [-0.4, -0.2) is 34.0 Å². The molecular formula is C19H21N3OS. The summed E-state index contributed by atoms with van der Waals surface area (Å²) in [6, 6.07) is 14.0. The van der Waals surface area contributed by atoms with E-state index in [-0.39, 0.29) is 5.91 Å². The van der Waals surface area contributed by atoms with Crippen molar-refractivity contribution in [1.82, 2.24) is 14.5 Å². The van der Waals surface area contributed by atoms with Gasteiger partial charge >= 0.3 is 0 Å². The van der Waals surface area contributed by atoms with E-state index < -0.39 is 0 Å². The number of hydrogen-bond acceptors (Lipinski definition) is 3. The minimum atomic E-state index is 0.0434. The van der Waals surface area contributed by atoms with Gasteiger partial charge in [-0.3, -0.25) is 4.79 Å². The zero-order chi connectivity index (χ0) is 17.1. The predicted molar refractivity (Wildman–Crippen MR) is 98.4 cm³/mol. The fraction of sp³-hybridized carbons (Fsp3) is 0.263. The van der Waals surface area contributed by atoms with Gasteiger partial charge in [-0.25, -0.2) is 4.98 Å². The maximum atomic E-state index is 12.7.